The molecule has 3 heterocycles. The molecule has 0 spiro atoms. The summed E-state index contributed by atoms with van der Waals surface area (Å²) < 4.78 is 51.1. The van der Waals surface area contributed by atoms with Crippen LogP contribution in [-0.4, -0.2) is 47.3 Å². The lowest BCUT2D eigenvalue weighted by Crippen LogP contribution is -2.44. The fraction of sp³-hybridized carbons (Fsp3) is 0.273. The number of carbonyl (C=O) groups excluding carboxylic acids is 2. The molecule has 1 aliphatic rings. The van der Waals surface area contributed by atoms with Gasteiger partial charge in [-0.2, -0.15) is 36.7 Å². The second-order valence-corrected chi connectivity index (χ2v) is 7.49. The second kappa shape index (κ2) is 9.86. The minimum atomic E-state index is -4.67. The molecule has 0 unspecified atom stereocenters. The predicted molar refractivity (Wildman–Crippen MR) is 126 cm³/mol. The summed E-state index contributed by atoms with van der Waals surface area (Å²) >= 11 is 0. The molecule has 0 saturated heterocycles. The van der Waals surface area contributed by atoms with Crippen LogP contribution in [0, 0.1) is 0 Å². The zero-order valence-electron chi connectivity index (χ0n) is 18.9. The monoisotopic (exact) mass is 509 g/mol. The molecule has 1 aliphatic heterocycles. The summed E-state index contributed by atoms with van der Waals surface area (Å²) in [6.07, 6.45) is -3.39. The summed E-state index contributed by atoms with van der Waals surface area (Å²) in [6.45, 7) is 1.85. The molecule has 1 atom stereocenters. The number of nitrogens with one attached hydrogen (secondary N) is 1. The number of alkyl halides is 3. The van der Waals surface area contributed by atoms with Crippen LogP contribution < -0.4 is 19.7 Å². The summed E-state index contributed by atoms with van der Waals surface area (Å²) in [4.78, 5) is 31.5. The third kappa shape index (κ3) is 4.76. The highest BCUT2D eigenvalue weighted by atomic mass is 32.1. The minimum Gasteiger partial charge on any atom is -0.495 e. The van der Waals surface area contributed by atoms with Crippen LogP contribution in [-0.2, 0) is 6.18 Å². The first-order valence-electron chi connectivity index (χ1n) is 10.1. The van der Waals surface area contributed by atoms with Gasteiger partial charge >= 0.3 is 6.18 Å². The van der Waals surface area contributed by atoms with E-state index in [4.69, 9.17) is 9.47 Å². The Bertz CT molecular complexity index is 1260. The van der Waals surface area contributed by atoms with Gasteiger partial charge in [-0.3, -0.25) is 19.2 Å². The number of fused-ring (bicyclic) bond motifs is 1. The van der Waals surface area contributed by atoms with Crippen molar-refractivity contribution < 1.29 is 32.2 Å². The van der Waals surface area contributed by atoms with E-state index in [0.29, 0.717) is 11.4 Å². The summed E-state index contributed by atoms with van der Waals surface area (Å²) in [5.41, 5.74) is -0.659. The number of hydrogen-bond donors (Lipinski definition) is 1. The molecule has 3 aromatic rings. The smallest absolute Gasteiger partial charge is 0.421 e. The second-order valence-electron chi connectivity index (χ2n) is 7.49. The number of aromatic nitrogens is 3. The van der Waals surface area contributed by atoms with Crippen molar-refractivity contribution in [1.82, 2.24) is 14.8 Å². The SMILES string of the molecule is COc1ccccc1NC(=O)c1cnn2c1C(=O)N(c1ccc(C(F)(F)F)c(OC)n1)C[C@@H]2C.S. The third-order valence-electron chi connectivity index (χ3n) is 5.33. The largest absolute Gasteiger partial charge is 0.495 e. The van der Waals surface area contributed by atoms with Crippen LogP contribution >= 0.6 is 13.5 Å². The van der Waals surface area contributed by atoms with Crippen molar-refractivity contribution in [3.05, 3.63) is 59.4 Å². The van der Waals surface area contributed by atoms with Crippen molar-refractivity contribution in [3.8, 4) is 11.6 Å². The molecule has 0 aliphatic carbocycles. The van der Waals surface area contributed by atoms with E-state index in [9.17, 15) is 22.8 Å². The molecule has 9 nitrogen and oxygen atoms in total. The average molecular weight is 510 g/mol. The molecule has 4 rings (SSSR count). The maximum Gasteiger partial charge on any atom is 0.421 e. The lowest BCUT2D eigenvalue weighted by atomic mass is 10.1. The normalized spacial score (nSPS) is 15.2. The number of halogens is 3. The molecule has 35 heavy (non-hydrogen) atoms. The maximum atomic E-state index is 13.4. The van der Waals surface area contributed by atoms with Gasteiger partial charge in [-0.1, -0.05) is 12.1 Å². The number of anilines is 2. The van der Waals surface area contributed by atoms with Crippen molar-refractivity contribution >= 4 is 36.8 Å². The van der Waals surface area contributed by atoms with Gasteiger partial charge in [0, 0.05) is 6.54 Å². The number of methoxy groups -OCH3 is 2. The molecule has 1 N–H and O–H groups in total. The number of rotatable bonds is 5. The fourth-order valence-electron chi connectivity index (χ4n) is 3.72. The maximum absolute atomic E-state index is 13.4. The first-order valence-corrected chi connectivity index (χ1v) is 10.1. The number of para-hydroxylation sites is 2. The molecule has 0 saturated carbocycles. The van der Waals surface area contributed by atoms with Gasteiger partial charge in [-0.25, -0.2) is 0 Å². The summed E-state index contributed by atoms with van der Waals surface area (Å²) in [5.74, 6) is -1.48. The Balaban J connectivity index is 0.00000342. The van der Waals surface area contributed by atoms with Gasteiger partial charge in [0.15, 0.2) is 0 Å². The molecule has 0 bridgehead atoms. The molecule has 0 fully saturated rings. The first-order chi connectivity index (χ1) is 16.2. The zero-order valence-corrected chi connectivity index (χ0v) is 19.9. The summed E-state index contributed by atoms with van der Waals surface area (Å²) in [6, 6.07) is 8.28. The lowest BCUT2D eigenvalue weighted by molar-refractivity contribution is -0.139. The van der Waals surface area contributed by atoms with Crippen LogP contribution in [0.25, 0.3) is 0 Å². The van der Waals surface area contributed by atoms with Crippen LogP contribution in [0.1, 0.15) is 39.4 Å². The number of pyridine rings is 1. The number of carbonyl (C=O) groups is 2. The summed E-state index contributed by atoms with van der Waals surface area (Å²) in [7, 11) is 2.53. The lowest BCUT2D eigenvalue weighted by Gasteiger charge is -2.31. The van der Waals surface area contributed by atoms with Gasteiger partial charge in [-0.05, 0) is 31.2 Å². The molecule has 2 aromatic heterocycles. The van der Waals surface area contributed by atoms with E-state index in [-0.39, 0.29) is 43.2 Å². The molecule has 13 heteroatoms. The standard InChI is InChI=1S/C22H20F3N5O4.H2S/c1-12-11-29(17-9-8-14(22(23,24)25)20(28-17)34-3)21(32)18-13(10-26-30(12)18)19(31)27-15-6-4-5-7-16(15)33-2;/h4-10,12H,11H2,1-3H3,(H,27,31);1H2/t12-;/m0./s1. The van der Waals surface area contributed by atoms with Crippen molar-refractivity contribution in [1.29, 1.82) is 0 Å². The number of amides is 2. The van der Waals surface area contributed by atoms with E-state index in [2.05, 4.69) is 15.4 Å². The van der Waals surface area contributed by atoms with Crippen molar-refractivity contribution in [2.24, 2.45) is 0 Å². The first kappa shape index (κ1) is 25.9. The summed E-state index contributed by atoms with van der Waals surface area (Å²) in [5, 5.41) is 6.88. The minimum absolute atomic E-state index is 0. The molecular formula is C22H22F3N5O4S. The van der Waals surface area contributed by atoms with Crippen molar-refractivity contribution in [2.45, 2.75) is 19.1 Å². The Labute approximate surface area is 205 Å². The van der Waals surface area contributed by atoms with Crippen LogP contribution in [0.4, 0.5) is 24.7 Å². The molecule has 0 radical (unpaired) electrons. The molecule has 2 amide bonds. The third-order valence-corrected chi connectivity index (χ3v) is 5.33. The number of nitrogens with zero attached hydrogens (tertiary/aromatic N) is 4. The average Bonchev–Trinajstić information content (AvgIpc) is 3.27. The highest BCUT2D eigenvalue weighted by Crippen LogP contribution is 2.37. The Hall–Kier alpha value is -3.74. The van der Waals surface area contributed by atoms with Gasteiger partial charge in [0.05, 0.1) is 37.7 Å². The van der Waals surface area contributed by atoms with E-state index in [1.165, 1.54) is 22.9 Å². The highest BCUT2D eigenvalue weighted by molar-refractivity contribution is 7.59. The van der Waals surface area contributed by atoms with Crippen molar-refractivity contribution in [2.75, 3.05) is 31.0 Å². The Morgan fingerprint density at radius 3 is 2.51 bits per heavy atom. The van der Waals surface area contributed by atoms with Gasteiger partial charge in [0.2, 0.25) is 5.88 Å². The van der Waals surface area contributed by atoms with E-state index in [0.717, 1.165) is 19.2 Å². The van der Waals surface area contributed by atoms with E-state index in [1.54, 1.807) is 31.2 Å². The Kier molecular flexibility index (Phi) is 7.29. The Morgan fingerprint density at radius 2 is 1.86 bits per heavy atom. The van der Waals surface area contributed by atoms with Gasteiger partial charge in [0.1, 0.15) is 22.8 Å². The molecule has 1 aromatic carbocycles. The van der Waals surface area contributed by atoms with E-state index < -0.39 is 29.4 Å². The molecule has 186 valence electrons. The number of hydrogen-bond acceptors (Lipinski definition) is 6. The topological polar surface area (TPSA) is 98.6 Å². The zero-order chi connectivity index (χ0) is 24.6. The van der Waals surface area contributed by atoms with Crippen LogP contribution in [0.5, 0.6) is 11.6 Å². The van der Waals surface area contributed by atoms with Crippen molar-refractivity contribution in [3.63, 3.8) is 0 Å². The highest BCUT2D eigenvalue weighted by Gasteiger charge is 2.38. The fourth-order valence-corrected chi connectivity index (χ4v) is 3.72. The van der Waals surface area contributed by atoms with Crippen LogP contribution in [0.3, 0.4) is 0 Å². The van der Waals surface area contributed by atoms with Crippen LogP contribution in [0.2, 0.25) is 0 Å². The van der Waals surface area contributed by atoms with Crippen LogP contribution in [0.15, 0.2) is 42.6 Å². The Morgan fingerprint density at radius 1 is 1.14 bits per heavy atom. The molecular weight excluding hydrogens is 487 g/mol. The van der Waals surface area contributed by atoms with E-state index in [1.807, 2.05) is 0 Å². The number of benzene rings is 1. The van der Waals surface area contributed by atoms with Gasteiger partial charge < -0.3 is 14.8 Å². The predicted octanol–water partition coefficient (Wildman–Crippen LogP) is 3.90. The van der Waals surface area contributed by atoms with Gasteiger partial charge in [-0.15, -0.1) is 0 Å². The van der Waals surface area contributed by atoms with E-state index >= 15 is 0 Å². The number of ether oxygens (including phenoxy) is 2. The van der Waals surface area contributed by atoms with Gasteiger partial charge in [0.25, 0.3) is 11.8 Å². The quantitative estimate of drug-likeness (QED) is 0.560.